The minimum Gasteiger partial charge on any atom is -0.305 e. The fourth-order valence-electron chi connectivity index (χ4n) is 0.689. The van der Waals surface area contributed by atoms with Crippen molar-refractivity contribution in [2.45, 2.75) is 6.92 Å². The van der Waals surface area contributed by atoms with Crippen molar-refractivity contribution in [1.29, 1.82) is 0 Å². The standard InChI is InChI=1S/C8H10N2O2S/c1-5(6(2)11)3-9-8-10-7(12)4-13-8/h1,3-4H2,2H3,(H,9,10,12). The predicted octanol–water partition coefficient (Wildman–Crippen LogP) is 0.351. The SMILES string of the molecule is C=C(CN=C1NC(=O)CS1)C(C)=O. The smallest absolute Gasteiger partial charge is 0.236 e. The molecule has 0 atom stereocenters. The first-order valence-corrected chi connectivity index (χ1v) is 4.74. The van der Waals surface area contributed by atoms with Crippen LogP contribution in [0, 0.1) is 0 Å². The van der Waals surface area contributed by atoms with Gasteiger partial charge < -0.3 is 5.32 Å². The molecule has 5 heteroatoms. The highest BCUT2D eigenvalue weighted by Crippen LogP contribution is 2.09. The zero-order valence-corrected chi connectivity index (χ0v) is 8.11. The van der Waals surface area contributed by atoms with Crippen molar-refractivity contribution in [2.24, 2.45) is 4.99 Å². The Morgan fingerprint density at radius 1 is 1.77 bits per heavy atom. The van der Waals surface area contributed by atoms with Gasteiger partial charge in [0.2, 0.25) is 5.91 Å². The molecule has 0 bridgehead atoms. The van der Waals surface area contributed by atoms with Crippen molar-refractivity contribution in [3.05, 3.63) is 12.2 Å². The summed E-state index contributed by atoms with van der Waals surface area (Å²) in [6, 6.07) is 0. The Morgan fingerprint density at radius 2 is 2.46 bits per heavy atom. The second kappa shape index (κ2) is 4.23. The average Bonchev–Trinajstić information content (AvgIpc) is 2.47. The van der Waals surface area contributed by atoms with Crippen LogP contribution in [0.15, 0.2) is 17.1 Å². The van der Waals surface area contributed by atoms with Gasteiger partial charge in [0.25, 0.3) is 0 Å². The molecule has 1 saturated heterocycles. The molecule has 0 saturated carbocycles. The average molecular weight is 198 g/mol. The van der Waals surface area contributed by atoms with E-state index in [4.69, 9.17) is 0 Å². The third-order valence-electron chi connectivity index (χ3n) is 1.50. The number of carbonyl (C=O) groups excluding carboxylic acids is 2. The van der Waals surface area contributed by atoms with E-state index in [1.54, 1.807) is 0 Å². The molecule has 0 aromatic carbocycles. The van der Waals surface area contributed by atoms with Crippen LogP contribution in [-0.4, -0.2) is 29.2 Å². The van der Waals surface area contributed by atoms with E-state index < -0.39 is 0 Å². The lowest BCUT2D eigenvalue weighted by Gasteiger charge is -1.97. The summed E-state index contributed by atoms with van der Waals surface area (Å²) < 4.78 is 0. The number of ketones is 1. The lowest BCUT2D eigenvalue weighted by atomic mass is 10.2. The van der Waals surface area contributed by atoms with E-state index >= 15 is 0 Å². The minimum atomic E-state index is -0.0707. The van der Waals surface area contributed by atoms with E-state index in [1.807, 2.05) is 0 Å². The maximum absolute atomic E-state index is 10.7. The molecule has 0 aromatic heterocycles. The number of hydrogen-bond acceptors (Lipinski definition) is 4. The molecule has 1 fully saturated rings. The molecule has 0 aromatic rings. The Kier molecular flexibility index (Phi) is 3.25. The number of rotatable bonds is 3. The number of carbonyl (C=O) groups is 2. The van der Waals surface area contributed by atoms with E-state index in [1.165, 1.54) is 18.7 Å². The summed E-state index contributed by atoms with van der Waals surface area (Å²) in [7, 11) is 0. The number of aliphatic imine (C=N–C) groups is 1. The highest BCUT2D eigenvalue weighted by Gasteiger charge is 2.15. The highest BCUT2D eigenvalue weighted by atomic mass is 32.2. The van der Waals surface area contributed by atoms with Gasteiger partial charge in [0.1, 0.15) is 0 Å². The second-order valence-corrected chi connectivity index (χ2v) is 3.58. The first-order valence-electron chi connectivity index (χ1n) is 3.75. The number of amides is 1. The number of nitrogens with one attached hydrogen (secondary N) is 1. The van der Waals surface area contributed by atoms with Gasteiger partial charge in [-0.2, -0.15) is 0 Å². The molecule has 1 aliphatic rings. The topological polar surface area (TPSA) is 58.5 Å². The fraction of sp³-hybridized carbons (Fsp3) is 0.375. The van der Waals surface area contributed by atoms with Gasteiger partial charge in [0.15, 0.2) is 11.0 Å². The van der Waals surface area contributed by atoms with Crippen LogP contribution in [-0.2, 0) is 9.59 Å². The van der Waals surface area contributed by atoms with Gasteiger partial charge >= 0.3 is 0 Å². The summed E-state index contributed by atoms with van der Waals surface area (Å²) in [6.45, 7) is 5.26. The number of thioether (sulfide) groups is 1. The summed E-state index contributed by atoms with van der Waals surface area (Å²) in [5, 5.41) is 3.15. The van der Waals surface area contributed by atoms with Gasteiger partial charge in [0, 0.05) is 5.57 Å². The lowest BCUT2D eigenvalue weighted by molar-refractivity contribution is -0.117. The van der Waals surface area contributed by atoms with Crippen molar-refractivity contribution in [3.63, 3.8) is 0 Å². The normalized spacial score (nSPS) is 18.8. The van der Waals surface area contributed by atoms with Gasteiger partial charge in [-0.15, -0.1) is 0 Å². The molecule has 0 aliphatic carbocycles. The van der Waals surface area contributed by atoms with Crippen LogP contribution in [0.25, 0.3) is 0 Å². The van der Waals surface area contributed by atoms with Crippen LogP contribution in [0.2, 0.25) is 0 Å². The Bertz CT molecular complexity index is 297. The Balaban J connectivity index is 2.45. The van der Waals surface area contributed by atoms with Crippen LogP contribution in [0.3, 0.4) is 0 Å². The maximum atomic E-state index is 10.7. The third kappa shape index (κ3) is 3.02. The van der Waals surface area contributed by atoms with Crippen molar-refractivity contribution < 1.29 is 9.59 Å². The van der Waals surface area contributed by atoms with E-state index in [2.05, 4.69) is 16.9 Å². The molecule has 4 nitrogen and oxygen atoms in total. The van der Waals surface area contributed by atoms with Gasteiger partial charge in [-0.05, 0) is 6.92 Å². The Morgan fingerprint density at radius 3 is 2.92 bits per heavy atom. The third-order valence-corrected chi connectivity index (χ3v) is 2.41. The molecular weight excluding hydrogens is 188 g/mol. The number of Topliss-reactive ketones (excluding diaryl/α,β-unsaturated/α-hetero) is 1. The predicted molar refractivity (Wildman–Crippen MR) is 52.7 cm³/mol. The molecule has 70 valence electrons. The Labute approximate surface area is 80.5 Å². The van der Waals surface area contributed by atoms with Crippen LogP contribution in [0.4, 0.5) is 0 Å². The lowest BCUT2D eigenvalue weighted by Crippen LogP contribution is -2.20. The van der Waals surface area contributed by atoms with Crippen molar-refractivity contribution in [2.75, 3.05) is 12.3 Å². The van der Waals surface area contributed by atoms with Crippen molar-refractivity contribution in [1.82, 2.24) is 5.32 Å². The summed E-state index contributed by atoms with van der Waals surface area (Å²) in [6.07, 6.45) is 0. The van der Waals surface area contributed by atoms with Crippen LogP contribution < -0.4 is 5.32 Å². The molecule has 1 heterocycles. The monoisotopic (exact) mass is 198 g/mol. The van der Waals surface area contributed by atoms with Gasteiger partial charge in [-0.25, -0.2) is 0 Å². The fourth-order valence-corrected chi connectivity index (χ4v) is 1.37. The number of hydrogen-bond donors (Lipinski definition) is 1. The van der Waals surface area contributed by atoms with Gasteiger partial charge in [-0.3, -0.25) is 14.6 Å². The zero-order chi connectivity index (χ0) is 9.84. The molecule has 1 rings (SSSR count). The molecule has 0 unspecified atom stereocenters. The molecule has 0 radical (unpaired) electrons. The summed E-state index contributed by atoms with van der Waals surface area (Å²) in [4.78, 5) is 25.5. The van der Waals surface area contributed by atoms with E-state index in [-0.39, 0.29) is 18.2 Å². The number of nitrogens with zero attached hydrogens (tertiary/aromatic N) is 1. The summed E-state index contributed by atoms with van der Waals surface area (Å²) in [5.74, 6) is 0.293. The van der Waals surface area contributed by atoms with Gasteiger partial charge in [-0.1, -0.05) is 18.3 Å². The van der Waals surface area contributed by atoms with Crippen molar-refractivity contribution in [3.8, 4) is 0 Å². The van der Waals surface area contributed by atoms with Crippen LogP contribution >= 0.6 is 11.8 Å². The first kappa shape index (κ1) is 9.98. The van der Waals surface area contributed by atoms with Gasteiger partial charge in [0.05, 0.1) is 12.3 Å². The molecule has 1 aliphatic heterocycles. The van der Waals surface area contributed by atoms with E-state index in [0.717, 1.165) is 0 Å². The van der Waals surface area contributed by atoms with E-state index in [0.29, 0.717) is 16.5 Å². The maximum Gasteiger partial charge on any atom is 0.236 e. The van der Waals surface area contributed by atoms with E-state index in [9.17, 15) is 9.59 Å². The Hall–Kier alpha value is -1.10. The summed E-state index contributed by atoms with van der Waals surface area (Å²) >= 11 is 1.34. The highest BCUT2D eigenvalue weighted by molar-refractivity contribution is 8.15. The zero-order valence-electron chi connectivity index (χ0n) is 7.29. The minimum absolute atomic E-state index is 0.0443. The second-order valence-electron chi connectivity index (χ2n) is 2.62. The van der Waals surface area contributed by atoms with Crippen molar-refractivity contribution >= 4 is 28.6 Å². The molecule has 1 amide bonds. The largest absolute Gasteiger partial charge is 0.305 e. The molecule has 1 N–H and O–H groups in total. The molecule has 13 heavy (non-hydrogen) atoms. The molecular formula is C8H10N2O2S. The first-order chi connectivity index (χ1) is 6.09. The molecule has 0 spiro atoms. The van der Waals surface area contributed by atoms with Crippen LogP contribution in [0.1, 0.15) is 6.92 Å². The summed E-state index contributed by atoms with van der Waals surface area (Å²) in [5.41, 5.74) is 0.453. The number of amidine groups is 1. The quantitative estimate of drug-likeness (QED) is 0.666. The van der Waals surface area contributed by atoms with Crippen LogP contribution in [0.5, 0.6) is 0 Å².